The van der Waals surface area contributed by atoms with E-state index in [1.165, 1.54) is 12.8 Å². The molecule has 0 spiro atoms. The quantitative estimate of drug-likeness (QED) is 0.896. The molecule has 1 aliphatic heterocycles. The van der Waals surface area contributed by atoms with E-state index in [0.29, 0.717) is 5.92 Å². The number of hydrogen-bond acceptors (Lipinski definition) is 4. The molecule has 0 bridgehead atoms. The molecule has 3 heterocycles. The van der Waals surface area contributed by atoms with E-state index in [4.69, 9.17) is 0 Å². The van der Waals surface area contributed by atoms with Crippen molar-refractivity contribution in [1.82, 2.24) is 19.9 Å². The van der Waals surface area contributed by atoms with Crippen LogP contribution >= 0.6 is 0 Å². The van der Waals surface area contributed by atoms with Crippen molar-refractivity contribution in [3.63, 3.8) is 0 Å². The van der Waals surface area contributed by atoms with Gasteiger partial charge in [0.15, 0.2) is 0 Å². The molecule has 0 unspecified atom stereocenters. The summed E-state index contributed by atoms with van der Waals surface area (Å²) in [5.41, 5.74) is 2.14. The Balaban J connectivity index is 1.78. The number of hydrogen-bond donors (Lipinski definition) is 1. The number of nitrogens with zero attached hydrogens (tertiary/aromatic N) is 4. The van der Waals surface area contributed by atoms with E-state index in [1.807, 2.05) is 20.0 Å². The van der Waals surface area contributed by atoms with Crippen molar-refractivity contribution < 1.29 is 0 Å². The highest BCUT2D eigenvalue weighted by Gasteiger charge is 2.24. The Morgan fingerprint density at radius 2 is 2.16 bits per heavy atom. The first-order valence-electron chi connectivity index (χ1n) is 6.77. The number of rotatable bonds is 2. The number of nitrogens with one attached hydrogen (secondary N) is 1. The molecule has 0 radical (unpaired) electrons. The molecule has 0 amide bonds. The number of aryl methyl sites for hydroxylation is 2. The number of piperidine rings is 1. The van der Waals surface area contributed by atoms with E-state index in [1.54, 1.807) is 6.33 Å². The van der Waals surface area contributed by atoms with Gasteiger partial charge in [0, 0.05) is 42.7 Å². The summed E-state index contributed by atoms with van der Waals surface area (Å²) in [4.78, 5) is 18.7. The minimum absolute atomic E-state index is 0.470. The molecule has 100 valence electrons. The van der Waals surface area contributed by atoms with Gasteiger partial charge < -0.3 is 9.88 Å². The largest absolute Gasteiger partial charge is 0.356 e. The minimum Gasteiger partial charge on any atom is -0.356 e. The Labute approximate surface area is 113 Å². The molecule has 2 aromatic heterocycles. The van der Waals surface area contributed by atoms with Crippen LogP contribution in [0.3, 0.4) is 0 Å². The zero-order valence-electron chi connectivity index (χ0n) is 11.4. The van der Waals surface area contributed by atoms with Crippen LogP contribution in [0.1, 0.15) is 36.0 Å². The predicted octanol–water partition coefficient (Wildman–Crippen LogP) is 2.20. The summed E-state index contributed by atoms with van der Waals surface area (Å²) in [6, 6.07) is 2.05. The van der Waals surface area contributed by atoms with Gasteiger partial charge >= 0.3 is 0 Å². The third-order valence-corrected chi connectivity index (χ3v) is 3.64. The maximum Gasteiger partial charge on any atom is 0.132 e. The van der Waals surface area contributed by atoms with Crippen LogP contribution in [0.5, 0.6) is 0 Å². The van der Waals surface area contributed by atoms with Gasteiger partial charge in [0.25, 0.3) is 0 Å². The third kappa shape index (κ3) is 2.59. The minimum atomic E-state index is 0.470. The SMILES string of the molecule is Cc1cc(N2CCC[C@H](c3ncc(C)[nH]3)C2)ncn1. The molecule has 1 N–H and O–H groups in total. The lowest BCUT2D eigenvalue weighted by atomic mass is 9.97. The van der Waals surface area contributed by atoms with E-state index >= 15 is 0 Å². The molecular weight excluding hydrogens is 238 g/mol. The van der Waals surface area contributed by atoms with Crippen molar-refractivity contribution in [2.24, 2.45) is 0 Å². The molecule has 5 heteroatoms. The van der Waals surface area contributed by atoms with E-state index in [0.717, 1.165) is 36.1 Å². The van der Waals surface area contributed by atoms with Crippen LogP contribution in [-0.2, 0) is 0 Å². The molecule has 5 nitrogen and oxygen atoms in total. The average Bonchev–Trinajstić information content (AvgIpc) is 2.86. The summed E-state index contributed by atoms with van der Waals surface area (Å²) in [6.45, 7) is 6.09. The molecule has 19 heavy (non-hydrogen) atoms. The number of aromatic amines is 1. The fourth-order valence-corrected chi connectivity index (χ4v) is 2.66. The van der Waals surface area contributed by atoms with Crippen molar-refractivity contribution in [1.29, 1.82) is 0 Å². The fraction of sp³-hybridized carbons (Fsp3) is 0.500. The highest BCUT2D eigenvalue weighted by atomic mass is 15.2. The number of anilines is 1. The summed E-state index contributed by atoms with van der Waals surface area (Å²) < 4.78 is 0. The molecule has 3 rings (SSSR count). The van der Waals surface area contributed by atoms with Gasteiger partial charge in [0.1, 0.15) is 18.0 Å². The van der Waals surface area contributed by atoms with Gasteiger partial charge in [-0.3, -0.25) is 0 Å². The first-order valence-corrected chi connectivity index (χ1v) is 6.77. The molecule has 0 aromatic carbocycles. The second-order valence-corrected chi connectivity index (χ2v) is 5.25. The lowest BCUT2D eigenvalue weighted by Gasteiger charge is -2.32. The van der Waals surface area contributed by atoms with E-state index in [-0.39, 0.29) is 0 Å². The van der Waals surface area contributed by atoms with Gasteiger partial charge in [-0.15, -0.1) is 0 Å². The van der Waals surface area contributed by atoms with Gasteiger partial charge in [-0.25, -0.2) is 15.0 Å². The maximum absolute atomic E-state index is 4.47. The highest BCUT2D eigenvalue weighted by molar-refractivity contribution is 5.39. The monoisotopic (exact) mass is 257 g/mol. The summed E-state index contributed by atoms with van der Waals surface area (Å²) >= 11 is 0. The summed E-state index contributed by atoms with van der Waals surface area (Å²) in [5, 5.41) is 0. The predicted molar refractivity (Wildman–Crippen MR) is 74.3 cm³/mol. The molecule has 0 saturated carbocycles. The summed E-state index contributed by atoms with van der Waals surface area (Å²) in [7, 11) is 0. The molecule has 1 atom stereocenters. The molecule has 1 saturated heterocycles. The first kappa shape index (κ1) is 12.1. The van der Waals surface area contributed by atoms with Gasteiger partial charge in [0.2, 0.25) is 0 Å². The Kier molecular flexibility index (Phi) is 3.19. The van der Waals surface area contributed by atoms with Crippen LogP contribution in [0.4, 0.5) is 5.82 Å². The van der Waals surface area contributed by atoms with E-state index in [9.17, 15) is 0 Å². The Bertz CT molecular complexity index is 562. The van der Waals surface area contributed by atoms with Crippen LogP contribution in [0.15, 0.2) is 18.6 Å². The zero-order valence-corrected chi connectivity index (χ0v) is 11.4. The van der Waals surface area contributed by atoms with Crippen molar-refractivity contribution in [3.05, 3.63) is 35.8 Å². The van der Waals surface area contributed by atoms with Crippen LogP contribution in [0.25, 0.3) is 0 Å². The van der Waals surface area contributed by atoms with Gasteiger partial charge in [-0.2, -0.15) is 0 Å². The van der Waals surface area contributed by atoms with Crippen LogP contribution < -0.4 is 4.90 Å². The van der Waals surface area contributed by atoms with Crippen molar-refractivity contribution in [2.75, 3.05) is 18.0 Å². The second-order valence-electron chi connectivity index (χ2n) is 5.25. The third-order valence-electron chi connectivity index (χ3n) is 3.64. The Morgan fingerprint density at radius 1 is 1.26 bits per heavy atom. The van der Waals surface area contributed by atoms with Gasteiger partial charge in [-0.1, -0.05) is 0 Å². The molecule has 2 aromatic rings. The molecule has 0 aliphatic carbocycles. The first-order chi connectivity index (χ1) is 9.22. The summed E-state index contributed by atoms with van der Waals surface area (Å²) in [5.74, 6) is 2.60. The molecule has 1 fully saturated rings. The van der Waals surface area contributed by atoms with Crippen molar-refractivity contribution in [3.8, 4) is 0 Å². The van der Waals surface area contributed by atoms with E-state index in [2.05, 4.69) is 30.9 Å². The van der Waals surface area contributed by atoms with Gasteiger partial charge in [0.05, 0.1) is 0 Å². The van der Waals surface area contributed by atoms with Crippen LogP contribution in [0, 0.1) is 13.8 Å². The fourth-order valence-electron chi connectivity index (χ4n) is 2.66. The standard InChI is InChI=1S/C14H19N5/c1-10-6-13(17-9-16-10)19-5-3-4-12(8-19)14-15-7-11(2)18-14/h6-7,9,12H,3-5,8H2,1-2H3,(H,15,18)/t12-/m0/s1. The lowest BCUT2D eigenvalue weighted by Crippen LogP contribution is -2.35. The van der Waals surface area contributed by atoms with Crippen molar-refractivity contribution in [2.45, 2.75) is 32.6 Å². The summed E-state index contributed by atoms with van der Waals surface area (Å²) in [6.07, 6.45) is 5.91. The zero-order chi connectivity index (χ0) is 13.2. The van der Waals surface area contributed by atoms with Gasteiger partial charge in [-0.05, 0) is 26.7 Å². The molecular formula is C14H19N5. The topological polar surface area (TPSA) is 57.7 Å². The lowest BCUT2D eigenvalue weighted by molar-refractivity contribution is 0.491. The normalized spacial score (nSPS) is 19.7. The number of aromatic nitrogens is 4. The number of H-pyrrole nitrogens is 1. The average molecular weight is 257 g/mol. The van der Waals surface area contributed by atoms with E-state index < -0.39 is 0 Å². The van der Waals surface area contributed by atoms with Crippen molar-refractivity contribution >= 4 is 5.82 Å². The smallest absolute Gasteiger partial charge is 0.132 e. The second kappa shape index (κ2) is 4.99. The van der Waals surface area contributed by atoms with Crippen LogP contribution in [-0.4, -0.2) is 33.0 Å². The van der Waals surface area contributed by atoms with Crippen LogP contribution in [0.2, 0.25) is 0 Å². The molecule has 1 aliphatic rings. The number of imidazole rings is 1. The Hall–Kier alpha value is -1.91. The maximum atomic E-state index is 4.47. The highest BCUT2D eigenvalue weighted by Crippen LogP contribution is 2.27. The Morgan fingerprint density at radius 3 is 2.89 bits per heavy atom.